The largest absolute Gasteiger partial charge is 0.491 e. The van der Waals surface area contributed by atoms with E-state index in [9.17, 15) is 8.78 Å². The normalized spacial score (nSPS) is 11.0. The van der Waals surface area contributed by atoms with E-state index in [1.54, 1.807) is 0 Å². The van der Waals surface area contributed by atoms with E-state index < -0.39 is 24.2 Å². The molecule has 23 heavy (non-hydrogen) atoms. The number of hydrogen-bond donors (Lipinski definition) is 2. The van der Waals surface area contributed by atoms with Crippen LogP contribution in [0.3, 0.4) is 0 Å². The summed E-state index contributed by atoms with van der Waals surface area (Å²) in [5.74, 6) is -2.10. The molecule has 130 valence electrons. The Labute approximate surface area is 139 Å². The molecule has 0 bridgehead atoms. The van der Waals surface area contributed by atoms with Gasteiger partial charge in [0.25, 0.3) is 0 Å². The first kappa shape index (κ1) is 20.1. The lowest BCUT2D eigenvalue weighted by molar-refractivity contribution is 0.419. The third-order valence-electron chi connectivity index (χ3n) is 4.27. The first-order valence-corrected chi connectivity index (χ1v) is 8.90. The molecule has 5 heteroatoms. The predicted molar refractivity (Wildman–Crippen MR) is 91.7 cm³/mol. The average Bonchev–Trinajstić information content (AvgIpc) is 2.52. The van der Waals surface area contributed by atoms with Crippen molar-refractivity contribution < 1.29 is 18.8 Å². The van der Waals surface area contributed by atoms with Crippen LogP contribution >= 0.6 is 0 Å². The van der Waals surface area contributed by atoms with Gasteiger partial charge in [-0.15, -0.1) is 0 Å². The first-order valence-electron chi connectivity index (χ1n) is 8.90. The van der Waals surface area contributed by atoms with Crippen LogP contribution < -0.4 is 5.46 Å². The molecule has 0 atom stereocenters. The molecule has 2 nitrogen and oxygen atoms in total. The fourth-order valence-electron chi connectivity index (χ4n) is 2.80. The first-order chi connectivity index (χ1) is 11.1. The van der Waals surface area contributed by atoms with E-state index in [2.05, 4.69) is 6.92 Å². The molecule has 0 heterocycles. The van der Waals surface area contributed by atoms with Gasteiger partial charge in [0.2, 0.25) is 0 Å². The second-order valence-electron chi connectivity index (χ2n) is 6.25. The van der Waals surface area contributed by atoms with Crippen LogP contribution in [0.5, 0.6) is 0 Å². The second kappa shape index (κ2) is 11.6. The van der Waals surface area contributed by atoms with Gasteiger partial charge in [0.1, 0.15) is 0 Å². The zero-order valence-electron chi connectivity index (χ0n) is 14.2. The maximum Gasteiger partial charge on any atom is 0.491 e. The minimum absolute atomic E-state index is 0.312. The molecular weight excluding hydrogens is 297 g/mol. The standard InChI is InChI=1S/C18H29BF2O2/c1-2-3-4-5-6-7-8-9-10-11-12-15-13-14-16(19(22)23)18(21)17(15)20/h13-14,22-23H,2-12H2,1H3. The van der Waals surface area contributed by atoms with Crippen LogP contribution in [-0.2, 0) is 6.42 Å². The van der Waals surface area contributed by atoms with Crippen molar-refractivity contribution >= 4 is 12.6 Å². The second-order valence-corrected chi connectivity index (χ2v) is 6.25. The van der Waals surface area contributed by atoms with Crippen molar-refractivity contribution in [3.05, 3.63) is 29.3 Å². The lowest BCUT2D eigenvalue weighted by atomic mass is 9.79. The molecule has 1 aromatic rings. The maximum absolute atomic E-state index is 13.8. The van der Waals surface area contributed by atoms with E-state index in [4.69, 9.17) is 10.0 Å². The SMILES string of the molecule is CCCCCCCCCCCCc1ccc(B(O)O)c(F)c1F. The molecule has 0 spiro atoms. The van der Waals surface area contributed by atoms with Crippen LogP contribution in [0.1, 0.15) is 76.7 Å². The van der Waals surface area contributed by atoms with Crippen molar-refractivity contribution in [3.63, 3.8) is 0 Å². The Hall–Kier alpha value is -0.935. The Kier molecular flexibility index (Phi) is 10.1. The van der Waals surface area contributed by atoms with Gasteiger partial charge in [0.05, 0.1) is 0 Å². The minimum atomic E-state index is -1.98. The van der Waals surface area contributed by atoms with Gasteiger partial charge in [-0.05, 0) is 18.4 Å². The van der Waals surface area contributed by atoms with Crippen molar-refractivity contribution in [2.24, 2.45) is 0 Å². The van der Waals surface area contributed by atoms with Gasteiger partial charge >= 0.3 is 7.12 Å². The summed E-state index contributed by atoms with van der Waals surface area (Å²) in [6, 6.07) is 2.69. The summed E-state index contributed by atoms with van der Waals surface area (Å²) in [5.41, 5.74) is -0.0965. The van der Waals surface area contributed by atoms with E-state index in [0.717, 1.165) is 19.3 Å². The molecule has 0 aliphatic rings. The Bertz CT molecular complexity index is 453. The molecule has 0 amide bonds. The predicted octanol–water partition coefficient (Wildman–Crippen LogP) is 4.11. The molecule has 0 unspecified atom stereocenters. The lowest BCUT2D eigenvalue weighted by Gasteiger charge is -2.08. The minimum Gasteiger partial charge on any atom is -0.423 e. The highest BCUT2D eigenvalue weighted by Crippen LogP contribution is 2.15. The number of aryl methyl sites for hydroxylation is 1. The molecule has 2 N–H and O–H groups in total. The highest BCUT2D eigenvalue weighted by Gasteiger charge is 2.21. The molecule has 0 saturated heterocycles. The van der Waals surface area contributed by atoms with Gasteiger partial charge in [-0.3, -0.25) is 0 Å². The Morgan fingerprint density at radius 1 is 0.783 bits per heavy atom. The van der Waals surface area contributed by atoms with Crippen LogP contribution in [0.4, 0.5) is 8.78 Å². The van der Waals surface area contributed by atoms with Gasteiger partial charge in [-0.2, -0.15) is 0 Å². The zero-order valence-corrected chi connectivity index (χ0v) is 14.2. The van der Waals surface area contributed by atoms with Crippen molar-refractivity contribution in [1.82, 2.24) is 0 Å². The molecule has 0 radical (unpaired) electrons. The number of unbranched alkanes of at least 4 members (excludes halogenated alkanes) is 9. The summed E-state index contributed by atoms with van der Waals surface area (Å²) in [5, 5.41) is 17.9. The van der Waals surface area contributed by atoms with Crippen LogP contribution in [0.25, 0.3) is 0 Å². The quantitative estimate of drug-likeness (QED) is 0.448. The van der Waals surface area contributed by atoms with Crippen LogP contribution in [-0.4, -0.2) is 17.2 Å². The molecule has 0 aliphatic heterocycles. The highest BCUT2D eigenvalue weighted by molar-refractivity contribution is 6.58. The monoisotopic (exact) mass is 326 g/mol. The molecule has 0 aliphatic carbocycles. The third-order valence-corrected chi connectivity index (χ3v) is 4.27. The van der Waals surface area contributed by atoms with Crippen molar-refractivity contribution in [2.45, 2.75) is 77.6 Å². The number of benzene rings is 1. The molecule has 1 rings (SSSR count). The zero-order chi connectivity index (χ0) is 17.1. The summed E-state index contributed by atoms with van der Waals surface area (Å²) < 4.78 is 27.4. The molecule has 0 saturated carbocycles. The number of hydrogen-bond acceptors (Lipinski definition) is 2. The topological polar surface area (TPSA) is 40.5 Å². The van der Waals surface area contributed by atoms with E-state index in [1.807, 2.05) is 0 Å². The maximum atomic E-state index is 13.8. The van der Waals surface area contributed by atoms with E-state index in [1.165, 1.54) is 57.1 Å². The number of rotatable bonds is 12. The van der Waals surface area contributed by atoms with Crippen molar-refractivity contribution in [1.29, 1.82) is 0 Å². The summed E-state index contributed by atoms with van der Waals surface area (Å²) in [7, 11) is -1.98. The fraction of sp³-hybridized carbons (Fsp3) is 0.667. The lowest BCUT2D eigenvalue weighted by Crippen LogP contribution is -2.33. The summed E-state index contributed by atoms with van der Waals surface area (Å²) in [6.07, 6.45) is 12.5. The number of halogens is 2. The summed E-state index contributed by atoms with van der Waals surface area (Å²) >= 11 is 0. The van der Waals surface area contributed by atoms with Crippen molar-refractivity contribution in [2.75, 3.05) is 0 Å². The van der Waals surface area contributed by atoms with Crippen LogP contribution in [0, 0.1) is 11.6 Å². The Morgan fingerprint density at radius 2 is 1.30 bits per heavy atom. The molecule has 0 fully saturated rings. The molecule has 1 aromatic carbocycles. The highest BCUT2D eigenvalue weighted by atomic mass is 19.2. The average molecular weight is 326 g/mol. The molecular formula is C18H29BF2O2. The Morgan fingerprint density at radius 3 is 1.83 bits per heavy atom. The molecule has 0 aromatic heterocycles. The fourth-order valence-corrected chi connectivity index (χ4v) is 2.80. The van der Waals surface area contributed by atoms with Gasteiger partial charge in [0.15, 0.2) is 11.6 Å². The van der Waals surface area contributed by atoms with Gasteiger partial charge in [-0.1, -0.05) is 76.8 Å². The van der Waals surface area contributed by atoms with Crippen LogP contribution in [0.2, 0.25) is 0 Å². The Balaban J connectivity index is 2.18. The summed E-state index contributed by atoms with van der Waals surface area (Å²) in [4.78, 5) is 0. The van der Waals surface area contributed by atoms with Gasteiger partial charge in [0, 0.05) is 5.46 Å². The van der Waals surface area contributed by atoms with E-state index in [-0.39, 0.29) is 0 Å². The van der Waals surface area contributed by atoms with Gasteiger partial charge < -0.3 is 10.0 Å². The smallest absolute Gasteiger partial charge is 0.423 e. The van der Waals surface area contributed by atoms with Gasteiger partial charge in [-0.25, -0.2) is 8.78 Å². The van der Waals surface area contributed by atoms with Crippen molar-refractivity contribution in [3.8, 4) is 0 Å². The summed E-state index contributed by atoms with van der Waals surface area (Å²) in [6.45, 7) is 2.22. The van der Waals surface area contributed by atoms with Crippen LogP contribution in [0.15, 0.2) is 12.1 Å². The van der Waals surface area contributed by atoms with E-state index >= 15 is 0 Å². The third kappa shape index (κ3) is 7.45. The van der Waals surface area contributed by atoms with E-state index in [0.29, 0.717) is 12.0 Å².